The molecule has 26 heavy (non-hydrogen) atoms. The Kier molecular flexibility index (Phi) is 3.92. The molecule has 7 nitrogen and oxygen atoms in total. The number of aromatic nitrogens is 5. The fourth-order valence-corrected chi connectivity index (χ4v) is 2.64. The highest BCUT2D eigenvalue weighted by atomic mass is 19.1. The van der Waals surface area contributed by atoms with Gasteiger partial charge in [-0.1, -0.05) is 12.1 Å². The molecule has 0 fully saturated rings. The van der Waals surface area contributed by atoms with Crippen molar-refractivity contribution in [2.75, 3.05) is 7.11 Å². The second kappa shape index (κ2) is 6.40. The largest absolute Gasteiger partial charge is 0.481 e. The minimum absolute atomic E-state index is 0.275. The molecule has 3 heterocycles. The molecule has 0 radical (unpaired) electrons. The van der Waals surface area contributed by atoms with E-state index in [4.69, 9.17) is 4.74 Å². The third kappa shape index (κ3) is 2.92. The Hall–Kier alpha value is -3.55. The maximum absolute atomic E-state index is 13.0. The number of H-pyrrole nitrogens is 1. The molecule has 0 atom stereocenters. The number of benzene rings is 1. The van der Waals surface area contributed by atoms with Gasteiger partial charge in [-0.15, -0.1) is 0 Å². The molecule has 0 amide bonds. The molecule has 0 aliphatic carbocycles. The van der Waals surface area contributed by atoms with Gasteiger partial charge in [0.1, 0.15) is 5.82 Å². The summed E-state index contributed by atoms with van der Waals surface area (Å²) < 4.78 is 19.5. The molecule has 0 spiro atoms. The normalized spacial score (nSPS) is 11.0. The van der Waals surface area contributed by atoms with Crippen molar-refractivity contribution >= 4 is 11.3 Å². The molecule has 0 saturated carbocycles. The SMILES string of the molecule is COc1ccc(-c2cnc3c(n2)[nH]c(=O)n3Cc2ccc(F)cc2)cn1. The van der Waals surface area contributed by atoms with Gasteiger partial charge in [0.05, 0.1) is 25.5 Å². The van der Waals surface area contributed by atoms with Gasteiger partial charge in [-0.25, -0.2) is 24.1 Å². The molecular weight excluding hydrogens is 337 g/mol. The maximum Gasteiger partial charge on any atom is 0.329 e. The lowest BCUT2D eigenvalue weighted by Gasteiger charge is -2.04. The van der Waals surface area contributed by atoms with Crippen LogP contribution in [-0.2, 0) is 6.54 Å². The lowest BCUT2D eigenvalue weighted by molar-refractivity contribution is 0.398. The van der Waals surface area contributed by atoms with Crippen LogP contribution in [0.25, 0.3) is 22.6 Å². The summed E-state index contributed by atoms with van der Waals surface area (Å²) >= 11 is 0. The van der Waals surface area contributed by atoms with Crippen molar-refractivity contribution in [3.63, 3.8) is 0 Å². The van der Waals surface area contributed by atoms with E-state index in [1.165, 1.54) is 16.7 Å². The van der Waals surface area contributed by atoms with Crippen molar-refractivity contribution in [2.45, 2.75) is 6.54 Å². The molecule has 4 aromatic rings. The molecule has 1 N–H and O–H groups in total. The van der Waals surface area contributed by atoms with Crippen molar-refractivity contribution in [3.8, 4) is 17.1 Å². The van der Waals surface area contributed by atoms with Gasteiger partial charge in [0, 0.05) is 17.8 Å². The van der Waals surface area contributed by atoms with Crippen LogP contribution in [0.4, 0.5) is 4.39 Å². The summed E-state index contributed by atoms with van der Waals surface area (Å²) in [7, 11) is 1.54. The van der Waals surface area contributed by atoms with Crippen LogP contribution >= 0.6 is 0 Å². The molecule has 1 aromatic carbocycles. The van der Waals surface area contributed by atoms with Crippen LogP contribution in [0.2, 0.25) is 0 Å². The highest BCUT2D eigenvalue weighted by Crippen LogP contribution is 2.19. The zero-order valence-corrected chi connectivity index (χ0v) is 13.8. The van der Waals surface area contributed by atoms with E-state index in [1.807, 2.05) is 6.07 Å². The van der Waals surface area contributed by atoms with Crippen LogP contribution in [0.1, 0.15) is 5.56 Å². The number of aromatic amines is 1. The van der Waals surface area contributed by atoms with E-state index in [-0.39, 0.29) is 18.1 Å². The monoisotopic (exact) mass is 351 g/mol. The van der Waals surface area contributed by atoms with Crippen LogP contribution in [-0.4, -0.2) is 31.6 Å². The van der Waals surface area contributed by atoms with Gasteiger partial charge in [-0.3, -0.25) is 9.55 Å². The predicted octanol–water partition coefficient (Wildman–Crippen LogP) is 2.38. The number of imidazole rings is 1. The lowest BCUT2D eigenvalue weighted by Crippen LogP contribution is -2.17. The summed E-state index contributed by atoms with van der Waals surface area (Å²) in [6.07, 6.45) is 3.21. The van der Waals surface area contributed by atoms with Gasteiger partial charge < -0.3 is 4.74 Å². The number of hydrogen-bond donors (Lipinski definition) is 1. The molecular formula is C18H14FN5O2. The van der Waals surface area contributed by atoms with Gasteiger partial charge in [-0.05, 0) is 23.8 Å². The number of pyridine rings is 1. The number of nitrogens with zero attached hydrogens (tertiary/aromatic N) is 4. The third-order valence-electron chi connectivity index (χ3n) is 3.97. The molecule has 0 aliphatic heterocycles. The summed E-state index contributed by atoms with van der Waals surface area (Å²) in [4.78, 5) is 27.9. The molecule has 0 unspecified atom stereocenters. The Labute approximate surface area is 147 Å². The van der Waals surface area contributed by atoms with Gasteiger partial charge >= 0.3 is 5.69 Å². The van der Waals surface area contributed by atoms with E-state index in [9.17, 15) is 9.18 Å². The molecule has 8 heteroatoms. The number of halogens is 1. The quantitative estimate of drug-likeness (QED) is 0.610. The zero-order chi connectivity index (χ0) is 18.1. The number of methoxy groups -OCH3 is 1. The highest BCUT2D eigenvalue weighted by molar-refractivity contribution is 5.70. The maximum atomic E-state index is 13.0. The number of nitrogens with one attached hydrogen (secondary N) is 1. The van der Waals surface area contributed by atoms with E-state index < -0.39 is 0 Å². The first-order valence-corrected chi connectivity index (χ1v) is 7.84. The van der Waals surface area contributed by atoms with E-state index in [0.29, 0.717) is 22.9 Å². The fraction of sp³-hybridized carbons (Fsp3) is 0.111. The van der Waals surface area contributed by atoms with Crippen LogP contribution in [0.3, 0.4) is 0 Å². The van der Waals surface area contributed by atoms with E-state index >= 15 is 0 Å². The second-order valence-corrected chi connectivity index (χ2v) is 5.66. The van der Waals surface area contributed by atoms with Crippen molar-refractivity contribution in [1.82, 2.24) is 24.5 Å². The van der Waals surface area contributed by atoms with Crippen LogP contribution in [0.5, 0.6) is 5.88 Å². The van der Waals surface area contributed by atoms with Gasteiger partial charge in [0.15, 0.2) is 11.3 Å². The van der Waals surface area contributed by atoms with Gasteiger partial charge in [0.2, 0.25) is 5.88 Å². The summed E-state index contributed by atoms with van der Waals surface area (Å²) in [5.41, 5.74) is 2.62. The summed E-state index contributed by atoms with van der Waals surface area (Å²) in [5, 5.41) is 0. The summed E-state index contributed by atoms with van der Waals surface area (Å²) in [6, 6.07) is 9.52. The summed E-state index contributed by atoms with van der Waals surface area (Å²) in [5.74, 6) is 0.180. The second-order valence-electron chi connectivity index (χ2n) is 5.66. The predicted molar refractivity (Wildman–Crippen MR) is 93.4 cm³/mol. The third-order valence-corrected chi connectivity index (χ3v) is 3.97. The minimum atomic E-state index is -0.325. The number of rotatable bonds is 4. The van der Waals surface area contributed by atoms with E-state index in [1.54, 1.807) is 37.7 Å². The van der Waals surface area contributed by atoms with Gasteiger partial charge in [-0.2, -0.15) is 0 Å². The minimum Gasteiger partial charge on any atom is -0.481 e. The average molecular weight is 351 g/mol. The molecule has 3 aromatic heterocycles. The molecule has 4 rings (SSSR count). The Morgan fingerprint density at radius 2 is 1.92 bits per heavy atom. The summed E-state index contributed by atoms with van der Waals surface area (Å²) in [6.45, 7) is 0.275. The standard InChI is InChI=1S/C18H14FN5O2/c1-26-15-7-4-12(8-20-15)14-9-21-17-16(22-14)23-18(25)24(17)10-11-2-5-13(19)6-3-11/h2-9H,10H2,1H3,(H,22,23,25). The molecule has 0 saturated heterocycles. The van der Waals surface area contributed by atoms with Gasteiger partial charge in [0.25, 0.3) is 0 Å². The van der Waals surface area contributed by atoms with Crippen molar-refractivity contribution in [2.24, 2.45) is 0 Å². The first-order valence-electron chi connectivity index (χ1n) is 7.84. The van der Waals surface area contributed by atoms with Crippen molar-refractivity contribution in [1.29, 1.82) is 0 Å². The number of ether oxygens (including phenoxy) is 1. The Morgan fingerprint density at radius 1 is 1.12 bits per heavy atom. The molecule has 130 valence electrons. The van der Waals surface area contributed by atoms with Crippen LogP contribution in [0, 0.1) is 5.82 Å². The topological polar surface area (TPSA) is 85.7 Å². The van der Waals surface area contributed by atoms with Crippen molar-refractivity contribution < 1.29 is 9.13 Å². The first-order chi connectivity index (χ1) is 12.6. The molecule has 0 bridgehead atoms. The smallest absolute Gasteiger partial charge is 0.329 e. The van der Waals surface area contributed by atoms with Crippen LogP contribution < -0.4 is 10.4 Å². The highest BCUT2D eigenvalue weighted by Gasteiger charge is 2.12. The number of fused-ring (bicyclic) bond motifs is 1. The average Bonchev–Trinajstić information content (AvgIpc) is 2.98. The van der Waals surface area contributed by atoms with Crippen LogP contribution in [0.15, 0.2) is 53.6 Å². The Bertz CT molecular complexity index is 1120. The Balaban J connectivity index is 1.71. The van der Waals surface area contributed by atoms with Crippen molar-refractivity contribution in [3.05, 3.63) is 70.7 Å². The Morgan fingerprint density at radius 3 is 2.62 bits per heavy atom. The number of hydrogen-bond acceptors (Lipinski definition) is 5. The van der Waals surface area contributed by atoms with E-state index in [0.717, 1.165) is 11.1 Å². The molecule has 0 aliphatic rings. The zero-order valence-electron chi connectivity index (χ0n) is 13.8. The van der Waals surface area contributed by atoms with E-state index in [2.05, 4.69) is 19.9 Å². The fourth-order valence-electron chi connectivity index (χ4n) is 2.64. The lowest BCUT2D eigenvalue weighted by atomic mass is 10.2. The first kappa shape index (κ1) is 15.9.